The Bertz CT molecular complexity index is 666. The van der Waals surface area contributed by atoms with Crippen molar-refractivity contribution in [2.24, 2.45) is 5.92 Å². The van der Waals surface area contributed by atoms with Crippen molar-refractivity contribution >= 4 is 44.2 Å². The van der Waals surface area contributed by atoms with Crippen LogP contribution in [0, 0.1) is 21.1 Å². The molecule has 0 radical (unpaired) electrons. The summed E-state index contributed by atoms with van der Waals surface area (Å²) < 4.78 is 50.9. The van der Waals surface area contributed by atoms with Crippen molar-refractivity contribution in [3.8, 4) is 0 Å². The lowest BCUT2D eigenvalue weighted by atomic mass is 9.97. The van der Waals surface area contributed by atoms with Crippen LogP contribution in [0.1, 0.15) is 12.8 Å². The van der Waals surface area contributed by atoms with Gasteiger partial charge in [0.05, 0.1) is 9.83 Å². The number of hydrogen-bond acceptors (Lipinski definition) is 3. The fraction of sp³-hybridized carbons (Fsp3) is 0.462. The van der Waals surface area contributed by atoms with Gasteiger partial charge in [-0.2, -0.15) is 0 Å². The van der Waals surface area contributed by atoms with Crippen LogP contribution >= 0.6 is 22.6 Å². The highest BCUT2D eigenvalue weighted by Crippen LogP contribution is 2.23. The van der Waals surface area contributed by atoms with Gasteiger partial charge in [-0.05, 0) is 47.6 Å². The minimum atomic E-state index is -3.25. The lowest BCUT2D eigenvalue weighted by Gasteiger charge is -2.29. The molecule has 22 heavy (non-hydrogen) atoms. The van der Waals surface area contributed by atoms with Crippen LogP contribution < -0.4 is 5.32 Å². The Hall–Kier alpha value is -0.810. The van der Waals surface area contributed by atoms with Gasteiger partial charge in [0.15, 0.2) is 0 Å². The number of nitrogens with one attached hydrogen (secondary N) is 1. The predicted molar refractivity (Wildman–Crippen MR) is 86.8 cm³/mol. The highest BCUT2D eigenvalue weighted by Gasteiger charge is 2.29. The number of carbonyl (C=O) groups excluding carboxylic acids is 1. The third kappa shape index (κ3) is 4.13. The van der Waals surface area contributed by atoms with Gasteiger partial charge in [-0.3, -0.25) is 4.79 Å². The second kappa shape index (κ2) is 6.75. The molecule has 1 N–H and O–H groups in total. The van der Waals surface area contributed by atoms with Gasteiger partial charge in [0.1, 0.15) is 11.6 Å². The highest BCUT2D eigenvalue weighted by atomic mass is 127. The summed E-state index contributed by atoms with van der Waals surface area (Å²) in [5.74, 6) is -2.19. The van der Waals surface area contributed by atoms with Gasteiger partial charge >= 0.3 is 0 Å². The Morgan fingerprint density at radius 3 is 2.23 bits per heavy atom. The summed E-state index contributed by atoms with van der Waals surface area (Å²) in [6.07, 6.45) is 1.90. The zero-order chi connectivity index (χ0) is 16.5. The molecule has 0 aromatic heterocycles. The number of benzene rings is 1. The van der Waals surface area contributed by atoms with Crippen molar-refractivity contribution in [1.29, 1.82) is 0 Å². The number of anilines is 1. The van der Waals surface area contributed by atoms with Crippen molar-refractivity contribution in [3.63, 3.8) is 0 Å². The quantitative estimate of drug-likeness (QED) is 0.575. The number of halogens is 3. The van der Waals surface area contributed by atoms with Crippen LogP contribution in [0.15, 0.2) is 12.1 Å². The number of amides is 1. The minimum Gasteiger partial charge on any atom is -0.326 e. The van der Waals surface area contributed by atoms with E-state index in [1.165, 1.54) is 4.31 Å². The molecule has 1 aromatic rings. The van der Waals surface area contributed by atoms with E-state index in [1.807, 2.05) is 0 Å². The van der Waals surface area contributed by atoms with E-state index in [9.17, 15) is 22.0 Å². The first kappa shape index (κ1) is 17.5. The molecule has 0 unspecified atom stereocenters. The van der Waals surface area contributed by atoms with Crippen LogP contribution in [0.5, 0.6) is 0 Å². The maximum atomic E-state index is 13.4. The smallest absolute Gasteiger partial charge is 0.227 e. The van der Waals surface area contributed by atoms with E-state index in [-0.39, 0.29) is 34.2 Å². The van der Waals surface area contributed by atoms with E-state index < -0.39 is 21.7 Å². The zero-order valence-corrected chi connectivity index (χ0v) is 14.7. The van der Waals surface area contributed by atoms with E-state index in [0.29, 0.717) is 12.8 Å². The standard InChI is InChI=1S/C13H15F2IN2O3S/c1-22(20,21)18-4-2-8(3-5-18)13(19)17-9-6-10(14)12(16)11(15)7-9/h6-8H,2-5H2,1H3,(H,17,19). The van der Waals surface area contributed by atoms with Gasteiger partial charge < -0.3 is 5.32 Å². The average molecular weight is 444 g/mol. The van der Waals surface area contributed by atoms with Gasteiger partial charge in [-0.15, -0.1) is 0 Å². The van der Waals surface area contributed by atoms with E-state index in [0.717, 1.165) is 18.4 Å². The van der Waals surface area contributed by atoms with Crippen LogP contribution in [0.2, 0.25) is 0 Å². The normalized spacial score (nSPS) is 17.5. The number of rotatable bonds is 3. The SMILES string of the molecule is CS(=O)(=O)N1CCC(C(=O)Nc2cc(F)c(I)c(F)c2)CC1. The number of nitrogens with zero attached hydrogens (tertiary/aromatic N) is 1. The summed E-state index contributed by atoms with van der Waals surface area (Å²) in [6, 6.07) is 2.13. The largest absolute Gasteiger partial charge is 0.326 e. The molecule has 122 valence electrons. The summed E-state index contributed by atoms with van der Waals surface area (Å²) in [5.41, 5.74) is 0.0611. The third-order valence-corrected chi connectivity index (χ3v) is 5.88. The number of carbonyl (C=O) groups is 1. The fourth-order valence-corrected chi connectivity index (χ4v) is 3.51. The molecule has 1 aromatic carbocycles. The van der Waals surface area contributed by atoms with Crippen LogP contribution in [-0.2, 0) is 14.8 Å². The van der Waals surface area contributed by atoms with Gasteiger partial charge in [-0.25, -0.2) is 21.5 Å². The molecular weight excluding hydrogens is 429 g/mol. The lowest BCUT2D eigenvalue weighted by Crippen LogP contribution is -2.40. The summed E-state index contributed by atoms with van der Waals surface area (Å²) in [5, 5.41) is 2.48. The zero-order valence-electron chi connectivity index (χ0n) is 11.8. The van der Waals surface area contributed by atoms with Gasteiger partial charge in [-0.1, -0.05) is 0 Å². The second-order valence-electron chi connectivity index (χ2n) is 5.18. The summed E-state index contributed by atoms with van der Waals surface area (Å²) in [4.78, 5) is 12.1. The molecule has 0 bridgehead atoms. The van der Waals surface area contributed by atoms with Crippen LogP contribution in [0.4, 0.5) is 14.5 Å². The van der Waals surface area contributed by atoms with Crippen molar-refractivity contribution in [2.45, 2.75) is 12.8 Å². The topological polar surface area (TPSA) is 66.5 Å². The van der Waals surface area contributed by atoms with Crippen molar-refractivity contribution < 1.29 is 22.0 Å². The molecule has 1 amide bonds. The Morgan fingerprint density at radius 1 is 1.27 bits per heavy atom. The number of piperidine rings is 1. The van der Waals surface area contributed by atoms with Gasteiger partial charge in [0.2, 0.25) is 15.9 Å². The summed E-state index contributed by atoms with van der Waals surface area (Å²) in [6.45, 7) is 0.540. The van der Waals surface area contributed by atoms with Crippen molar-refractivity contribution in [3.05, 3.63) is 27.3 Å². The summed E-state index contributed by atoms with van der Waals surface area (Å²) in [7, 11) is -3.25. The van der Waals surface area contributed by atoms with Crippen molar-refractivity contribution in [1.82, 2.24) is 4.31 Å². The van der Waals surface area contributed by atoms with E-state index >= 15 is 0 Å². The Balaban J connectivity index is 2.00. The highest BCUT2D eigenvalue weighted by molar-refractivity contribution is 14.1. The fourth-order valence-electron chi connectivity index (χ4n) is 2.32. The molecule has 0 atom stereocenters. The second-order valence-corrected chi connectivity index (χ2v) is 8.24. The lowest BCUT2D eigenvalue weighted by molar-refractivity contribution is -0.120. The molecule has 1 fully saturated rings. The van der Waals surface area contributed by atoms with Gasteiger partial charge in [0.25, 0.3) is 0 Å². The first-order valence-corrected chi connectivity index (χ1v) is 9.51. The molecule has 1 aliphatic heterocycles. The molecule has 1 aliphatic rings. The molecule has 1 saturated heterocycles. The number of hydrogen-bond donors (Lipinski definition) is 1. The van der Waals surface area contributed by atoms with Crippen LogP contribution in [0.25, 0.3) is 0 Å². The van der Waals surface area contributed by atoms with E-state index in [1.54, 1.807) is 22.6 Å². The molecule has 0 spiro atoms. The molecule has 9 heteroatoms. The first-order chi connectivity index (χ1) is 10.2. The Kier molecular flexibility index (Phi) is 5.38. The van der Waals surface area contributed by atoms with E-state index in [4.69, 9.17) is 0 Å². The predicted octanol–water partition coefficient (Wildman–Crippen LogP) is 2.18. The Morgan fingerprint density at radius 2 is 1.77 bits per heavy atom. The number of sulfonamides is 1. The van der Waals surface area contributed by atoms with Crippen molar-refractivity contribution in [2.75, 3.05) is 24.7 Å². The van der Waals surface area contributed by atoms with Crippen LogP contribution in [0.3, 0.4) is 0 Å². The maximum Gasteiger partial charge on any atom is 0.227 e. The first-order valence-electron chi connectivity index (χ1n) is 6.59. The average Bonchev–Trinajstić information content (AvgIpc) is 2.44. The molecular formula is C13H15F2IN2O3S. The summed E-state index contributed by atoms with van der Waals surface area (Å²) >= 11 is 1.55. The molecule has 0 saturated carbocycles. The monoisotopic (exact) mass is 444 g/mol. The molecule has 1 heterocycles. The molecule has 2 rings (SSSR count). The third-order valence-electron chi connectivity index (χ3n) is 3.55. The van der Waals surface area contributed by atoms with E-state index in [2.05, 4.69) is 5.32 Å². The molecule has 0 aliphatic carbocycles. The van der Waals surface area contributed by atoms with Crippen LogP contribution in [-0.4, -0.2) is 38.0 Å². The Labute approximate surface area is 141 Å². The maximum absolute atomic E-state index is 13.4. The van der Waals surface area contributed by atoms with Gasteiger partial charge in [0, 0.05) is 24.7 Å². The molecule has 5 nitrogen and oxygen atoms in total. The minimum absolute atomic E-state index is 0.0611.